The molecule has 1 amide bonds. The van der Waals surface area contributed by atoms with Gasteiger partial charge in [0, 0.05) is 18.0 Å². The van der Waals surface area contributed by atoms with Crippen molar-refractivity contribution in [2.24, 2.45) is 5.92 Å². The summed E-state index contributed by atoms with van der Waals surface area (Å²) in [6, 6.07) is 7.71. The van der Waals surface area contributed by atoms with Crippen molar-refractivity contribution in [1.82, 2.24) is 4.90 Å². The molecule has 2 aliphatic rings. The van der Waals surface area contributed by atoms with Gasteiger partial charge in [0.25, 0.3) is 0 Å². The molecule has 6 nitrogen and oxygen atoms in total. The Hall–Kier alpha value is -2.24. The zero-order valence-corrected chi connectivity index (χ0v) is 16.7. The van der Waals surface area contributed by atoms with Crippen molar-refractivity contribution in [2.75, 3.05) is 14.2 Å². The average molecular weight is 375 g/mol. The Kier molecular flexibility index (Phi) is 5.36. The van der Waals surface area contributed by atoms with Crippen molar-refractivity contribution in [2.45, 2.75) is 63.6 Å². The number of carbonyl (C=O) groups is 2. The predicted molar refractivity (Wildman–Crippen MR) is 101 cm³/mol. The quantitative estimate of drug-likeness (QED) is 0.753. The van der Waals surface area contributed by atoms with Crippen LogP contribution in [0, 0.1) is 5.92 Å². The van der Waals surface area contributed by atoms with E-state index < -0.39 is 11.5 Å². The van der Waals surface area contributed by atoms with Gasteiger partial charge in [0.1, 0.15) is 11.4 Å². The Labute approximate surface area is 160 Å². The molecule has 0 aromatic heterocycles. The first-order valence-corrected chi connectivity index (χ1v) is 9.48. The summed E-state index contributed by atoms with van der Waals surface area (Å²) in [5.41, 5.74) is 0.511. The summed E-state index contributed by atoms with van der Waals surface area (Å²) in [5.74, 6) is 0.131. The fraction of sp³-hybridized carbons (Fsp3) is 0.619. The van der Waals surface area contributed by atoms with Crippen LogP contribution in [0.15, 0.2) is 24.3 Å². The van der Waals surface area contributed by atoms with Gasteiger partial charge in [0.15, 0.2) is 0 Å². The van der Waals surface area contributed by atoms with Crippen LogP contribution in [0.4, 0.5) is 4.79 Å². The number of hydrogen-bond donors (Lipinski definition) is 0. The number of nitrogens with zero attached hydrogens (tertiary/aromatic N) is 1. The normalized spacial score (nSPS) is 27.2. The number of carbonyl (C=O) groups excluding carboxylic acids is 2. The molecule has 2 aliphatic heterocycles. The zero-order valence-electron chi connectivity index (χ0n) is 16.7. The van der Waals surface area contributed by atoms with Gasteiger partial charge in [0.2, 0.25) is 0 Å². The second-order valence-electron chi connectivity index (χ2n) is 8.35. The average Bonchev–Trinajstić information content (AvgIpc) is 2.94. The van der Waals surface area contributed by atoms with E-state index in [1.54, 1.807) is 12.0 Å². The fourth-order valence-electron chi connectivity index (χ4n) is 4.46. The highest BCUT2D eigenvalue weighted by atomic mass is 16.6. The third-order valence-corrected chi connectivity index (χ3v) is 5.54. The van der Waals surface area contributed by atoms with Gasteiger partial charge >= 0.3 is 12.1 Å². The van der Waals surface area contributed by atoms with Crippen molar-refractivity contribution in [3.8, 4) is 5.75 Å². The molecule has 2 bridgehead atoms. The first kappa shape index (κ1) is 19.5. The lowest BCUT2D eigenvalue weighted by Crippen LogP contribution is -2.54. The van der Waals surface area contributed by atoms with Crippen LogP contribution in [-0.4, -0.2) is 48.9 Å². The maximum atomic E-state index is 12.8. The molecule has 0 unspecified atom stereocenters. The van der Waals surface area contributed by atoms with Crippen LogP contribution in [0.2, 0.25) is 0 Å². The summed E-state index contributed by atoms with van der Waals surface area (Å²) in [5, 5.41) is 0. The highest BCUT2D eigenvalue weighted by Gasteiger charge is 2.53. The minimum absolute atomic E-state index is 0.0135. The number of hydrogen-bond acceptors (Lipinski definition) is 5. The van der Waals surface area contributed by atoms with Crippen LogP contribution in [0.1, 0.15) is 51.5 Å². The topological polar surface area (TPSA) is 65.1 Å². The Balaban J connectivity index is 1.90. The molecule has 1 aromatic rings. The molecule has 2 saturated heterocycles. The van der Waals surface area contributed by atoms with Gasteiger partial charge in [-0.25, -0.2) is 4.79 Å². The van der Waals surface area contributed by atoms with E-state index in [0.717, 1.165) is 30.6 Å². The Morgan fingerprint density at radius 3 is 2.30 bits per heavy atom. The summed E-state index contributed by atoms with van der Waals surface area (Å²) in [6.07, 6.45) is 2.06. The molecular weight excluding hydrogens is 346 g/mol. The number of fused-ring (bicyclic) bond motifs is 2. The largest absolute Gasteiger partial charge is 0.497 e. The first-order valence-electron chi connectivity index (χ1n) is 9.48. The van der Waals surface area contributed by atoms with Crippen molar-refractivity contribution in [1.29, 1.82) is 0 Å². The van der Waals surface area contributed by atoms with E-state index >= 15 is 0 Å². The van der Waals surface area contributed by atoms with E-state index in [1.165, 1.54) is 7.11 Å². The van der Waals surface area contributed by atoms with Gasteiger partial charge in [-0.15, -0.1) is 0 Å². The molecule has 27 heavy (non-hydrogen) atoms. The molecule has 0 spiro atoms. The monoisotopic (exact) mass is 375 g/mol. The van der Waals surface area contributed by atoms with E-state index in [2.05, 4.69) is 0 Å². The molecule has 1 aromatic carbocycles. The van der Waals surface area contributed by atoms with E-state index in [0.29, 0.717) is 0 Å². The van der Waals surface area contributed by atoms with Gasteiger partial charge in [0.05, 0.1) is 20.1 Å². The standard InChI is InChI=1S/C21H29NO5/c1-21(2,3)27-20(24)22-14-8-11-17(22)18(19(23)26-5)16(12-14)13-6-9-15(25-4)10-7-13/h6-7,9-10,14,16-18H,8,11-12H2,1-5H3/t14-,16-,17+,18-/m1/s1. The molecule has 2 heterocycles. The van der Waals surface area contributed by atoms with E-state index in [1.807, 2.05) is 45.0 Å². The van der Waals surface area contributed by atoms with Gasteiger partial charge < -0.3 is 19.1 Å². The van der Waals surface area contributed by atoms with Gasteiger partial charge in [-0.2, -0.15) is 0 Å². The number of ether oxygens (including phenoxy) is 3. The maximum absolute atomic E-state index is 12.8. The molecule has 4 atom stereocenters. The van der Waals surface area contributed by atoms with Crippen molar-refractivity contribution in [3.05, 3.63) is 29.8 Å². The minimum atomic E-state index is -0.565. The lowest BCUT2D eigenvalue weighted by molar-refractivity contribution is -0.150. The number of methoxy groups -OCH3 is 2. The SMILES string of the molecule is COC(=O)[C@@H]1[C@@H](c2ccc(OC)cc2)C[C@H]2CC[C@@H]1N2C(=O)OC(C)(C)C. The van der Waals surface area contributed by atoms with Crippen LogP contribution in [0.3, 0.4) is 0 Å². The number of esters is 1. The predicted octanol–water partition coefficient (Wildman–Crippen LogP) is 3.74. The second kappa shape index (κ2) is 7.41. The number of piperidine rings is 1. The van der Waals surface area contributed by atoms with Gasteiger partial charge in [-0.1, -0.05) is 12.1 Å². The third-order valence-electron chi connectivity index (χ3n) is 5.54. The highest BCUT2D eigenvalue weighted by Crippen LogP contribution is 2.48. The van der Waals surface area contributed by atoms with Crippen LogP contribution >= 0.6 is 0 Å². The van der Waals surface area contributed by atoms with Crippen LogP contribution in [-0.2, 0) is 14.3 Å². The molecule has 6 heteroatoms. The van der Waals surface area contributed by atoms with E-state index in [9.17, 15) is 9.59 Å². The smallest absolute Gasteiger partial charge is 0.410 e. The molecule has 148 valence electrons. The highest BCUT2D eigenvalue weighted by molar-refractivity contribution is 5.78. The molecule has 3 rings (SSSR count). The first-order chi connectivity index (χ1) is 12.7. The lowest BCUT2D eigenvalue weighted by Gasteiger charge is -2.43. The second-order valence-corrected chi connectivity index (χ2v) is 8.35. The molecule has 2 fully saturated rings. The Morgan fingerprint density at radius 1 is 1.07 bits per heavy atom. The summed E-state index contributed by atoms with van der Waals surface area (Å²) in [4.78, 5) is 27.3. The number of amides is 1. The van der Waals surface area contributed by atoms with Crippen LogP contribution in [0.25, 0.3) is 0 Å². The summed E-state index contributed by atoms with van der Waals surface area (Å²) >= 11 is 0. The summed E-state index contributed by atoms with van der Waals surface area (Å²) < 4.78 is 16.0. The van der Waals surface area contributed by atoms with Gasteiger partial charge in [-0.05, 0) is 57.7 Å². The zero-order chi connectivity index (χ0) is 19.8. The Morgan fingerprint density at radius 2 is 1.74 bits per heavy atom. The van der Waals surface area contributed by atoms with E-state index in [-0.39, 0.29) is 30.1 Å². The van der Waals surface area contributed by atoms with Crippen LogP contribution < -0.4 is 4.74 Å². The third kappa shape index (κ3) is 3.89. The van der Waals surface area contributed by atoms with Crippen molar-refractivity contribution in [3.63, 3.8) is 0 Å². The Bertz CT molecular complexity index is 694. The summed E-state index contributed by atoms with van der Waals surface area (Å²) in [6.45, 7) is 5.57. The van der Waals surface area contributed by atoms with Crippen LogP contribution in [0.5, 0.6) is 5.75 Å². The van der Waals surface area contributed by atoms with E-state index in [4.69, 9.17) is 14.2 Å². The molecule has 0 aliphatic carbocycles. The molecular formula is C21H29NO5. The maximum Gasteiger partial charge on any atom is 0.410 e. The van der Waals surface area contributed by atoms with Gasteiger partial charge in [-0.3, -0.25) is 4.79 Å². The number of benzene rings is 1. The lowest BCUT2D eigenvalue weighted by atomic mass is 9.76. The van der Waals surface area contributed by atoms with Crippen molar-refractivity contribution < 1.29 is 23.8 Å². The van der Waals surface area contributed by atoms with Crippen molar-refractivity contribution >= 4 is 12.1 Å². The fourth-order valence-corrected chi connectivity index (χ4v) is 4.46. The minimum Gasteiger partial charge on any atom is -0.497 e. The summed E-state index contributed by atoms with van der Waals surface area (Å²) in [7, 11) is 3.04. The molecule has 0 saturated carbocycles. The number of rotatable bonds is 3. The molecule has 0 radical (unpaired) electrons. The molecule has 0 N–H and O–H groups in total.